The van der Waals surface area contributed by atoms with Gasteiger partial charge in [0.15, 0.2) is 5.05 Å². The van der Waals surface area contributed by atoms with E-state index in [0.29, 0.717) is 4.57 Å². The van der Waals surface area contributed by atoms with Gasteiger partial charge in [0, 0.05) is 25.3 Å². The van der Waals surface area contributed by atoms with E-state index in [1.165, 1.54) is 7.11 Å². The lowest BCUT2D eigenvalue weighted by Crippen LogP contribution is -2.40. The lowest BCUT2D eigenvalue weighted by atomic mass is 10.2. The van der Waals surface area contributed by atoms with E-state index in [4.69, 9.17) is 37.8 Å². The van der Waals surface area contributed by atoms with E-state index in [2.05, 4.69) is 12.2 Å². The average molecular weight is 485 g/mol. The van der Waals surface area contributed by atoms with Gasteiger partial charge in [0.1, 0.15) is 23.8 Å². The van der Waals surface area contributed by atoms with Gasteiger partial charge in [-0.2, -0.15) is 13.2 Å². The van der Waals surface area contributed by atoms with E-state index in [9.17, 15) is 22.8 Å². The van der Waals surface area contributed by atoms with Gasteiger partial charge in [-0.25, -0.2) is 9.36 Å². The van der Waals surface area contributed by atoms with Crippen LogP contribution in [0, 0.1) is 0 Å². The van der Waals surface area contributed by atoms with E-state index in [1.54, 1.807) is 0 Å². The fraction of sp³-hybridized carbons (Fsp3) is 0.235. The first kappa shape index (κ1) is 23.8. The summed E-state index contributed by atoms with van der Waals surface area (Å²) in [6.07, 6.45) is -3.80. The molecule has 13 heteroatoms. The summed E-state index contributed by atoms with van der Waals surface area (Å²) in [6, 6.07) is 2.55. The zero-order valence-corrected chi connectivity index (χ0v) is 17.6. The Balaban J connectivity index is 2.58. The average Bonchev–Trinajstić information content (AvgIpc) is 2.63. The van der Waals surface area contributed by atoms with Crippen LogP contribution in [0.4, 0.5) is 13.2 Å². The molecule has 30 heavy (non-hydrogen) atoms. The highest BCUT2D eigenvalue weighted by Gasteiger charge is 2.35. The van der Waals surface area contributed by atoms with E-state index >= 15 is 0 Å². The van der Waals surface area contributed by atoms with Crippen molar-refractivity contribution in [1.82, 2.24) is 9.13 Å². The number of aliphatic hydroxyl groups is 1. The minimum Gasteiger partial charge on any atom is -0.499 e. The Morgan fingerprint density at radius 3 is 2.40 bits per heavy atom. The van der Waals surface area contributed by atoms with E-state index in [1.807, 2.05) is 0 Å². The predicted molar refractivity (Wildman–Crippen MR) is 108 cm³/mol. The number of ether oxygens (including phenoxy) is 2. The normalized spacial score (nSPS) is 12.0. The summed E-state index contributed by atoms with van der Waals surface area (Å²) in [5.41, 5.74) is -4.17. The third-order valence-corrected chi connectivity index (χ3v) is 4.49. The van der Waals surface area contributed by atoms with Gasteiger partial charge in [-0.15, -0.1) is 0 Å². The standard InChI is InChI=1S/C17H13Cl2F3N2O5S/c1-23-13(17(20,21)22)6-14(25)24(16(23)27)11-5-12(10(19)4-9(11)18)29-7-8(28-2)3-15(26)30/h3-6H,7H2,1-2H3,(H,26,30). The summed E-state index contributed by atoms with van der Waals surface area (Å²) in [6.45, 7) is -0.252. The van der Waals surface area contributed by atoms with Gasteiger partial charge in [0.05, 0.1) is 22.8 Å². The minimum absolute atomic E-state index is 0.0115. The second kappa shape index (κ2) is 9.11. The number of halogens is 5. The number of benzene rings is 1. The number of nitrogens with zero attached hydrogens (tertiary/aromatic N) is 2. The van der Waals surface area contributed by atoms with Crippen LogP contribution in [0.25, 0.3) is 5.69 Å². The number of rotatable bonds is 6. The lowest BCUT2D eigenvalue weighted by Gasteiger charge is -2.16. The summed E-state index contributed by atoms with van der Waals surface area (Å²) in [7, 11) is 2.17. The Kier molecular flexibility index (Phi) is 7.22. The number of hydrogen-bond acceptors (Lipinski definition) is 5. The van der Waals surface area contributed by atoms with E-state index < -0.39 is 28.2 Å². The molecule has 162 valence electrons. The van der Waals surface area contributed by atoms with Gasteiger partial charge in [-0.3, -0.25) is 9.36 Å². The van der Waals surface area contributed by atoms with Crippen molar-refractivity contribution < 1.29 is 27.8 Å². The second-order valence-electron chi connectivity index (χ2n) is 5.72. The maximum Gasteiger partial charge on any atom is 0.431 e. The summed E-state index contributed by atoms with van der Waals surface area (Å²) < 4.78 is 50.2. The monoisotopic (exact) mass is 484 g/mol. The summed E-state index contributed by atoms with van der Waals surface area (Å²) in [4.78, 5) is 24.8. The number of alkyl halides is 3. The van der Waals surface area contributed by atoms with E-state index in [0.717, 1.165) is 25.3 Å². The number of hydrogen-bond donors (Lipinski definition) is 1. The SMILES string of the molecule is COC(=CC(O)=S)COc1cc(-n2c(=O)cc(C(F)(F)F)n(C)c2=O)c(Cl)cc1Cl. The van der Waals surface area contributed by atoms with Gasteiger partial charge in [-0.1, -0.05) is 23.2 Å². The molecule has 0 fully saturated rings. The van der Waals surface area contributed by atoms with Crippen molar-refractivity contribution in [2.45, 2.75) is 6.18 Å². The molecule has 0 unspecified atom stereocenters. The highest BCUT2D eigenvalue weighted by atomic mass is 35.5. The smallest absolute Gasteiger partial charge is 0.431 e. The maximum atomic E-state index is 13.0. The highest BCUT2D eigenvalue weighted by Crippen LogP contribution is 2.33. The van der Waals surface area contributed by atoms with Crippen molar-refractivity contribution in [2.24, 2.45) is 7.05 Å². The van der Waals surface area contributed by atoms with Crippen LogP contribution < -0.4 is 16.0 Å². The topological polar surface area (TPSA) is 82.7 Å². The molecule has 0 aliphatic rings. The van der Waals surface area contributed by atoms with Gasteiger partial charge >= 0.3 is 11.9 Å². The second-order valence-corrected chi connectivity index (χ2v) is 6.95. The quantitative estimate of drug-likeness (QED) is 0.382. The van der Waals surface area contributed by atoms with Gasteiger partial charge in [-0.05, 0) is 18.3 Å². The third-order valence-electron chi connectivity index (χ3n) is 3.77. The zero-order valence-electron chi connectivity index (χ0n) is 15.3. The minimum atomic E-state index is -4.90. The molecule has 1 heterocycles. The molecule has 1 aromatic heterocycles. The maximum absolute atomic E-state index is 13.0. The Morgan fingerprint density at radius 1 is 1.23 bits per heavy atom. The number of aromatic nitrogens is 2. The van der Waals surface area contributed by atoms with Crippen molar-refractivity contribution >= 4 is 40.5 Å². The van der Waals surface area contributed by atoms with Crippen LogP contribution in [0.15, 0.2) is 39.6 Å². The van der Waals surface area contributed by atoms with E-state index in [-0.39, 0.29) is 44.5 Å². The molecule has 2 rings (SSSR count). The van der Waals surface area contributed by atoms with Crippen LogP contribution in [-0.4, -0.2) is 33.0 Å². The fourth-order valence-electron chi connectivity index (χ4n) is 2.37. The molecular formula is C17H13Cl2F3N2O5S. The molecule has 0 bridgehead atoms. The molecule has 7 nitrogen and oxygen atoms in total. The van der Waals surface area contributed by atoms with Crippen molar-refractivity contribution in [3.8, 4) is 11.4 Å². The zero-order chi connectivity index (χ0) is 22.8. The van der Waals surface area contributed by atoms with Gasteiger partial charge in [0.2, 0.25) is 0 Å². The molecule has 0 spiro atoms. The first-order valence-corrected chi connectivity index (χ1v) is 9.03. The summed E-state index contributed by atoms with van der Waals surface area (Å²) >= 11 is 16.6. The molecule has 1 aromatic carbocycles. The molecule has 0 aliphatic heterocycles. The lowest BCUT2D eigenvalue weighted by molar-refractivity contribution is -0.144. The van der Waals surface area contributed by atoms with Crippen LogP contribution in [0.3, 0.4) is 0 Å². The van der Waals surface area contributed by atoms with Crippen LogP contribution in [-0.2, 0) is 18.0 Å². The van der Waals surface area contributed by atoms with Gasteiger partial charge < -0.3 is 14.6 Å². The van der Waals surface area contributed by atoms with Crippen LogP contribution >= 0.6 is 35.4 Å². The Labute approximate surface area is 182 Å². The predicted octanol–water partition coefficient (Wildman–Crippen LogP) is 3.66. The van der Waals surface area contributed by atoms with Crippen molar-refractivity contribution in [2.75, 3.05) is 13.7 Å². The van der Waals surface area contributed by atoms with Crippen LogP contribution in [0.2, 0.25) is 10.0 Å². The fourth-order valence-corrected chi connectivity index (χ4v) is 3.02. The number of aliphatic hydroxyl groups excluding tert-OH is 1. The Morgan fingerprint density at radius 2 is 1.87 bits per heavy atom. The summed E-state index contributed by atoms with van der Waals surface area (Å²) in [5, 5.41) is 8.48. The number of methoxy groups -OCH3 is 1. The molecule has 1 N–H and O–H groups in total. The van der Waals surface area contributed by atoms with Gasteiger partial charge in [0.25, 0.3) is 5.56 Å². The third kappa shape index (κ3) is 5.15. The van der Waals surface area contributed by atoms with Crippen LogP contribution in [0.5, 0.6) is 5.75 Å². The molecule has 0 amide bonds. The molecule has 2 aromatic rings. The largest absolute Gasteiger partial charge is 0.499 e. The first-order chi connectivity index (χ1) is 13.9. The molecule has 0 atom stereocenters. The van der Waals surface area contributed by atoms with Crippen molar-refractivity contribution in [3.63, 3.8) is 0 Å². The first-order valence-electron chi connectivity index (χ1n) is 7.86. The Hall–Kier alpha value is -2.50. The van der Waals surface area contributed by atoms with Crippen molar-refractivity contribution in [1.29, 1.82) is 0 Å². The van der Waals surface area contributed by atoms with Crippen molar-refractivity contribution in [3.05, 3.63) is 66.6 Å². The number of thiocarbonyl (C=S) groups is 1. The molecular weight excluding hydrogens is 472 g/mol. The Bertz CT molecular complexity index is 1140. The van der Waals surface area contributed by atoms with Crippen LogP contribution in [0.1, 0.15) is 5.69 Å². The summed E-state index contributed by atoms with van der Waals surface area (Å²) in [5.74, 6) is 0.0643. The molecule has 0 radical (unpaired) electrons. The molecule has 0 aliphatic carbocycles. The highest BCUT2D eigenvalue weighted by molar-refractivity contribution is 7.80. The molecule has 0 saturated heterocycles. The molecule has 0 saturated carbocycles.